The molecule has 4 heteroatoms. The van der Waals surface area contributed by atoms with Crippen molar-refractivity contribution < 1.29 is 14.6 Å². The summed E-state index contributed by atoms with van der Waals surface area (Å²) in [7, 11) is 0. The number of aliphatic hydroxyl groups is 1. The maximum Gasteiger partial charge on any atom is 0.319 e. The van der Waals surface area contributed by atoms with Gasteiger partial charge in [0.2, 0.25) is 0 Å². The molecule has 1 fully saturated rings. The number of ether oxygens (including phenoxy) is 1. The molecule has 1 saturated heterocycles. The fourth-order valence-electron chi connectivity index (χ4n) is 1.38. The van der Waals surface area contributed by atoms with Crippen molar-refractivity contribution in [1.82, 2.24) is 0 Å². The Morgan fingerprint density at radius 2 is 2.14 bits per heavy atom. The molecule has 0 aromatic heterocycles. The molecule has 1 rings (SSSR count). The highest BCUT2D eigenvalue weighted by molar-refractivity contribution is 8.01. The summed E-state index contributed by atoms with van der Waals surface area (Å²) >= 11 is 1.53. The number of esters is 1. The number of rotatable bonds is 2. The molecule has 1 aliphatic heterocycles. The minimum absolute atomic E-state index is 0.0774. The lowest BCUT2D eigenvalue weighted by Crippen LogP contribution is -2.29. The number of aliphatic hydroxyl groups excluding tert-OH is 1. The van der Waals surface area contributed by atoms with E-state index in [1.807, 2.05) is 20.8 Å². The molecule has 2 atom stereocenters. The first kappa shape index (κ1) is 11.9. The van der Waals surface area contributed by atoms with Gasteiger partial charge in [0.25, 0.3) is 0 Å². The van der Waals surface area contributed by atoms with Crippen molar-refractivity contribution in [2.45, 2.75) is 49.7 Å². The van der Waals surface area contributed by atoms with Gasteiger partial charge in [-0.1, -0.05) is 0 Å². The van der Waals surface area contributed by atoms with Gasteiger partial charge in [-0.15, -0.1) is 11.8 Å². The van der Waals surface area contributed by atoms with E-state index < -0.39 is 5.60 Å². The molecule has 0 saturated carbocycles. The summed E-state index contributed by atoms with van der Waals surface area (Å²) in [5, 5.41) is 9.06. The average Bonchev–Trinajstić information content (AvgIpc) is 2.48. The number of hydrogen-bond acceptors (Lipinski definition) is 4. The summed E-state index contributed by atoms with van der Waals surface area (Å²) in [6.45, 7) is 5.76. The highest BCUT2D eigenvalue weighted by atomic mass is 32.2. The van der Waals surface area contributed by atoms with Gasteiger partial charge in [0.05, 0.1) is 6.61 Å². The van der Waals surface area contributed by atoms with Gasteiger partial charge in [0.1, 0.15) is 10.9 Å². The van der Waals surface area contributed by atoms with Crippen LogP contribution in [0.3, 0.4) is 0 Å². The average molecular weight is 218 g/mol. The minimum atomic E-state index is -0.408. The van der Waals surface area contributed by atoms with Crippen LogP contribution in [0.2, 0.25) is 0 Å². The first-order chi connectivity index (χ1) is 6.42. The second-order valence-corrected chi connectivity index (χ2v) is 6.05. The second-order valence-electron chi connectivity index (χ2n) is 4.54. The third kappa shape index (κ3) is 3.50. The molecule has 0 spiro atoms. The van der Waals surface area contributed by atoms with Gasteiger partial charge >= 0.3 is 5.97 Å². The van der Waals surface area contributed by atoms with E-state index in [2.05, 4.69) is 0 Å². The summed E-state index contributed by atoms with van der Waals surface area (Å²) < 4.78 is 5.27. The van der Waals surface area contributed by atoms with Crippen LogP contribution in [0.25, 0.3) is 0 Å². The number of carbonyl (C=O) groups excluding carboxylic acids is 1. The Bertz CT molecular complexity index is 210. The van der Waals surface area contributed by atoms with Crippen LogP contribution in [0.5, 0.6) is 0 Å². The zero-order valence-corrected chi connectivity index (χ0v) is 9.76. The largest absolute Gasteiger partial charge is 0.459 e. The van der Waals surface area contributed by atoms with E-state index in [0.717, 1.165) is 12.8 Å². The zero-order valence-electron chi connectivity index (χ0n) is 8.95. The molecule has 0 radical (unpaired) electrons. The summed E-state index contributed by atoms with van der Waals surface area (Å²) in [5.74, 6) is -0.140. The van der Waals surface area contributed by atoms with Crippen LogP contribution in [-0.2, 0) is 9.53 Å². The lowest BCUT2D eigenvalue weighted by molar-refractivity contribution is -0.154. The predicted molar refractivity (Wildman–Crippen MR) is 57.3 cm³/mol. The van der Waals surface area contributed by atoms with Crippen molar-refractivity contribution >= 4 is 17.7 Å². The van der Waals surface area contributed by atoms with Crippen LogP contribution in [0.15, 0.2) is 0 Å². The molecule has 1 aliphatic rings. The Morgan fingerprint density at radius 3 is 2.57 bits per heavy atom. The normalized spacial score (nSPS) is 27.7. The van der Waals surface area contributed by atoms with Gasteiger partial charge in [0, 0.05) is 5.25 Å². The van der Waals surface area contributed by atoms with Crippen molar-refractivity contribution in [3.05, 3.63) is 0 Å². The summed E-state index contributed by atoms with van der Waals surface area (Å²) in [5.41, 5.74) is -0.408. The van der Waals surface area contributed by atoms with Crippen LogP contribution in [-0.4, -0.2) is 33.8 Å². The van der Waals surface area contributed by atoms with Gasteiger partial charge in [-0.2, -0.15) is 0 Å². The predicted octanol–water partition coefficient (Wildman–Crippen LogP) is 1.58. The van der Waals surface area contributed by atoms with Gasteiger partial charge in [-0.05, 0) is 33.6 Å². The third-order valence-corrected chi connectivity index (χ3v) is 3.51. The third-order valence-electron chi connectivity index (χ3n) is 1.98. The maximum atomic E-state index is 11.6. The fourth-order valence-corrected chi connectivity index (χ4v) is 2.64. The van der Waals surface area contributed by atoms with E-state index in [9.17, 15) is 4.79 Å². The molecule has 0 amide bonds. The van der Waals surface area contributed by atoms with Crippen molar-refractivity contribution in [2.75, 3.05) is 6.61 Å². The Balaban J connectivity index is 2.40. The highest BCUT2D eigenvalue weighted by Gasteiger charge is 2.33. The SMILES string of the molecule is CC(C)(C)OC(=O)[C@@H]1CC[C@@H](CO)S1. The molecular weight excluding hydrogens is 200 g/mol. The van der Waals surface area contributed by atoms with Crippen LogP contribution in [0.4, 0.5) is 0 Å². The summed E-state index contributed by atoms with van der Waals surface area (Å²) in [6, 6.07) is 0. The Kier molecular flexibility index (Phi) is 3.84. The lowest BCUT2D eigenvalue weighted by Gasteiger charge is -2.21. The first-order valence-corrected chi connectivity index (χ1v) is 5.86. The van der Waals surface area contributed by atoms with E-state index in [0.29, 0.717) is 0 Å². The molecular formula is C10H18O3S. The summed E-state index contributed by atoms with van der Waals surface area (Å²) in [4.78, 5) is 11.6. The van der Waals surface area contributed by atoms with Crippen LogP contribution in [0, 0.1) is 0 Å². The number of carbonyl (C=O) groups is 1. The van der Waals surface area contributed by atoms with Crippen molar-refractivity contribution in [3.63, 3.8) is 0 Å². The molecule has 0 aromatic carbocycles. The Labute approximate surface area is 89.2 Å². The molecule has 1 heterocycles. The van der Waals surface area contributed by atoms with Gasteiger partial charge in [0.15, 0.2) is 0 Å². The molecule has 0 unspecified atom stereocenters. The van der Waals surface area contributed by atoms with E-state index >= 15 is 0 Å². The smallest absolute Gasteiger partial charge is 0.319 e. The molecule has 82 valence electrons. The van der Waals surface area contributed by atoms with Crippen molar-refractivity contribution in [3.8, 4) is 0 Å². The molecule has 1 N–H and O–H groups in total. The molecule has 0 aliphatic carbocycles. The molecule has 0 aromatic rings. The van der Waals surface area contributed by atoms with E-state index in [-0.39, 0.29) is 23.1 Å². The molecule has 3 nitrogen and oxygen atoms in total. The van der Waals surface area contributed by atoms with Gasteiger partial charge < -0.3 is 9.84 Å². The fraction of sp³-hybridized carbons (Fsp3) is 0.900. The highest BCUT2D eigenvalue weighted by Crippen LogP contribution is 2.34. The number of hydrogen-bond donors (Lipinski definition) is 1. The zero-order chi connectivity index (χ0) is 10.8. The quantitative estimate of drug-likeness (QED) is 0.715. The Morgan fingerprint density at radius 1 is 1.50 bits per heavy atom. The van der Waals surface area contributed by atoms with E-state index in [1.54, 1.807) is 0 Å². The monoisotopic (exact) mass is 218 g/mol. The maximum absolute atomic E-state index is 11.6. The van der Waals surface area contributed by atoms with Crippen molar-refractivity contribution in [1.29, 1.82) is 0 Å². The first-order valence-electron chi connectivity index (χ1n) is 4.91. The van der Waals surface area contributed by atoms with E-state index in [4.69, 9.17) is 9.84 Å². The second kappa shape index (κ2) is 4.53. The number of thioether (sulfide) groups is 1. The van der Waals surface area contributed by atoms with Crippen LogP contribution >= 0.6 is 11.8 Å². The summed E-state index contributed by atoms with van der Waals surface area (Å²) in [6.07, 6.45) is 1.73. The molecule has 14 heavy (non-hydrogen) atoms. The standard InChI is InChI=1S/C10H18O3S/c1-10(2,3)13-9(12)8-5-4-7(6-11)14-8/h7-8,11H,4-6H2,1-3H3/t7-,8-/m0/s1. The van der Waals surface area contributed by atoms with E-state index in [1.165, 1.54) is 11.8 Å². The molecule has 0 bridgehead atoms. The van der Waals surface area contributed by atoms with Gasteiger partial charge in [-0.25, -0.2) is 0 Å². The minimum Gasteiger partial charge on any atom is -0.459 e. The topological polar surface area (TPSA) is 46.5 Å². The lowest BCUT2D eigenvalue weighted by atomic mass is 10.1. The van der Waals surface area contributed by atoms with Crippen molar-refractivity contribution in [2.24, 2.45) is 0 Å². The van der Waals surface area contributed by atoms with Crippen LogP contribution in [0.1, 0.15) is 33.6 Å². The van der Waals surface area contributed by atoms with Gasteiger partial charge in [-0.3, -0.25) is 4.79 Å². The van der Waals surface area contributed by atoms with Crippen LogP contribution < -0.4 is 0 Å². The Hall–Kier alpha value is -0.220.